The zero-order valence-corrected chi connectivity index (χ0v) is 9.90. The first kappa shape index (κ1) is 12.0. The molecule has 0 spiro atoms. The van der Waals surface area contributed by atoms with Crippen molar-refractivity contribution in [2.45, 2.75) is 40.0 Å². The average Bonchev–Trinajstić information content (AvgIpc) is 2.29. The van der Waals surface area contributed by atoms with E-state index in [0.717, 1.165) is 12.8 Å². The molecule has 1 rings (SSSR count). The molecule has 1 aliphatic rings. The molecule has 1 fully saturated rings. The molecule has 1 N–H and O–H groups in total. The van der Waals surface area contributed by atoms with E-state index in [9.17, 15) is 9.90 Å². The molecule has 14 heavy (non-hydrogen) atoms. The Labute approximate surface area is 90.6 Å². The number of carbonyl (C=O) groups excluding carboxylic acids is 1. The maximum Gasteiger partial charge on any atom is 0.221 e. The van der Waals surface area contributed by atoms with E-state index < -0.39 is 0 Å². The largest absolute Gasteiger partial charge is 0.396 e. The molecule has 1 aliphatic carbocycles. The molecule has 0 aromatic carbocycles. The minimum atomic E-state index is -0.259. The van der Waals surface area contributed by atoms with Gasteiger partial charge in [0.1, 0.15) is 0 Å². The van der Waals surface area contributed by atoms with Crippen LogP contribution in [0.25, 0.3) is 0 Å². The van der Waals surface area contributed by atoms with Crippen LogP contribution in [-0.2, 0) is 4.79 Å². The molecule has 2 nitrogen and oxygen atoms in total. The van der Waals surface area contributed by atoms with E-state index in [1.807, 2.05) is 0 Å². The molecule has 0 saturated heterocycles. The van der Waals surface area contributed by atoms with E-state index in [-0.39, 0.29) is 22.7 Å². The van der Waals surface area contributed by atoms with Crippen LogP contribution in [0, 0.1) is 16.7 Å². The highest BCUT2D eigenvalue weighted by Gasteiger charge is 2.51. The SMILES string of the molecule is CC1(C)[C@@H](CC(=O)Cl)CC[C@@]1(C)CO. The second-order valence-corrected chi connectivity index (χ2v) is 5.66. The van der Waals surface area contributed by atoms with Crippen molar-refractivity contribution in [1.82, 2.24) is 0 Å². The Morgan fingerprint density at radius 1 is 1.50 bits per heavy atom. The van der Waals surface area contributed by atoms with Gasteiger partial charge >= 0.3 is 0 Å². The van der Waals surface area contributed by atoms with E-state index in [0.29, 0.717) is 12.3 Å². The van der Waals surface area contributed by atoms with Gasteiger partial charge in [0.25, 0.3) is 0 Å². The summed E-state index contributed by atoms with van der Waals surface area (Å²) in [5.74, 6) is 0.310. The Balaban J connectivity index is 2.80. The fourth-order valence-corrected chi connectivity index (χ4v) is 2.69. The maximum atomic E-state index is 10.9. The normalized spacial score (nSPS) is 35.9. The van der Waals surface area contributed by atoms with E-state index >= 15 is 0 Å². The van der Waals surface area contributed by atoms with Crippen molar-refractivity contribution < 1.29 is 9.90 Å². The lowest BCUT2D eigenvalue weighted by Gasteiger charge is -2.40. The summed E-state index contributed by atoms with van der Waals surface area (Å²) in [6.07, 6.45) is 2.40. The van der Waals surface area contributed by atoms with Crippen LogP contribution in [0.2, 0.25) is 0 Å². The third-order valence-electron chi connectivity index (χ3n) is 4.38. The molecule has 0 radical (unpaired) electrons. The van der Waals surface area contributed by atoms with Crippen LogP contribution >= 0.6 is 11.6 Å². The standard InChI is InChI=1S/C11H19ClO2/c1-10(2)8(6-9(12)14)4-5-11(10,3)7-13/h8,13H,4-7H2,1-3H3/t8-,11+/m1/s1. The van der Waals surface area contributed by atoms with E-state index in [1.54, 1.807) is 0 Å². The maximum absolute atomic E-state index is 10.9. The summed E-state index contributed by atoms with van der Waals surface area (Å²) in [7, 11) is 0. The van der Waals surface area contributed by atoms with Crippen LogP contribution in [0.4, 0.5) is 0 Å². The predicted molar refractivity (Wildman–Crippen MR) is 57.2 cm³/mol. The van der Waals surface area contributed by atoms with Crippen molar-refractivity contribution in [3.8, 4) is 0 Å². The number of aliphatic hydroxyl groups excluding tert-OH is 1. The monoisotopic (exact) mass is 218 g/mol. The molecule has 82 valence electrons. The van der Waals surface area contributed by atoms with Gasteiger partial charge in [0, 0.05) is 13.0 Å². The van der Waals surface area contributed by atoms with Crippen LogP contribution in [0.5, 0.6) is 0 Å². The molecular formula is C11H19ClO2. The smallest absolute Gasteiger partial charge is 0.221 e. The number of aliphatic hydroxyl groups is 1. The first-order valence-electron chi connectivity index (χ1n) is 5.13. The molecule has 0 unspecified atom stereocenters. The number of rotatable bonds is 3. The highest BCUT2D eigenvalue weighted by Crippen LogP contribution is 2.56. The molecule has 2 atom stereocenters. The Morgan fingerprint density at radius 2 is 2.07 bits per heavy atom. The predicted octanol–water partition coefficient (Wildman–Crippen LogP) is 2.58. The average molecular weight is 219 g/mol. The van der Waals surface area contributed by atoms with Gasteiger partial charge in [0.2, 0.25) is 5.24 Å². The lowest BCUT2D eigenvalue weighted by molar-refractivity contribution is -0.113. The first-order valence-corrected chi connectivity index (χ1v) is 5.50. The molecule has 0 aromatic rings. The van der Waals surface area contributed by atoms with Crippen molar-refractivity contribution in [3.05, 3.63) is 0 Å². The molecule has 0 aromatic heterocycles. The second-order valence-electron chi connectivity index (χ2n) is 5.24. The van der Waals surface area contributed by atoms with E-state index in [2.05, 4.69) is 20.8 Å². The van der Waals surface area contributed by atoms with Gasteiger partial charge in [-0.2, -0.15) is 0 Å². The fourth-order valence-electron chi connectivity index (χ4n) is 2.50. The minimum absolute atomic E-state index is 0.00764. The van der Waals surface area contributed by atoms with Crippen LogP contribution < -0.4 is 0 Å². The van der Waals surface area contributed by atoms with Crippen molar-refractivity contribution in [1.29, 1.82) is 0 Å². The van der Waals surface area contributed by atoms with Crippen LogP contribution in [0.1, 0.15) is 40.0 Å². The summed E-state index contributed by atoms with van der Waals surface area (Å²) >= 11 is 5.42. The van der Waals surface area contributed by atoms with Gasteiger partial charge in [0.15, 0.2) is 0 Å². The van der Waals surface area contributed by atoms with Crippen LogP contribution in [-0.4, -0.2) is 17.0 Å². The first-order chi connectivity index (χ1) is 6.33. The summed E-state index contributed by atoms with van der Waals surface area (Å²) in [6, 6.07) is 0. The van der Waals surface area contributed by atoms with Gasteiger partial charge in [-0.25, -0.2) is 0 Å². The Morgan fingerprint density at radius 3 is 2.43 bits per heavy atom. The van der Waals surface area contributed by atoms with Gasteiger partial charge in [0.05, 0.1) is 0 Å². The highest BCUT2D eigenvalue weighted by molar-refractivity contribution is 6.63. The van der Waals surface area contributed by atoms with Crippen molar-refractivity contribution in [3.63, 3.8) is 0 Å². The Kier molecular flexibility index (Phi) is 3.27. The van der Waals surface area contributed by atoms with Gasteiger partial charge in [-0.3, -0.25) is 4.79 Å². The van der Waals surface area contributed by atoms with Crippen molar-refractivity contribution in [2.24, 2.45) is 16.7 Å². The third-order valence-corrected chi connectivity index (χ3v) is 4.53. The lowest BCUT2D eigenvalue weighted by atomic mass is 9.65. The van der Waals surface area contributed by atoms with E-state index in [4.69, 9.17) is 11.6 Å². The van der Waals surface area contributed by atoms with Gasteiger partial charge < -0.3 is 5.11 Å². The minimum Gasteiger partial charge on any atom is -0.396 e. The zero-order valence-electron chi connectivity index (χ0n) is 9.14. The van der Waals surface area contributed by atoms with E-state index in [1.165, 1.54) is 0 Å². The number of hydrogen-bond donors (Lipinski definition) is 1. The summed E-state index contributed by atoms with van der Waals surface area (Å²) in [4.78, 5) is 10.9. The molecule has 0 heterocycles. The van der Waals surface area contributed by atoms with Gasteiger partial charge in [-0.15, -0.1) is 0 Å². The summed E-state index contributed by atoms with van der Waals surface area (Å²) in [5.41, 5.74) is -0.0731. The third kappa shape index (κ3) is 1.82. The molecular weight excluding hydrogens is 200 g/mol. The molecule has 3 heteroatoms. The van der Waals surface area contributed by atoms with Crippen LogP contribution in [0.15, 0.2) is 0 Å². The topological polar surface area (TPSA) is 37.3 Å². The Hall–Kier alpha value is -0.0800. The lowest BCUT2D eigenvalue weighted by Crippen LogP contribution is -2.37. The van der Waals surface area contributed by atoms with Crippen LogP contribution in [0.3, 0.4) is 0 Å². The quantitative estimate of drug-likeness (QED) is 0.740. The number of hydrogen-bond acceptors (Lipinski definition) is 2. The molecule has 1 saturated carbocycles. The number of halogens is 1. The molecule has 0 aliphatic heterocycles. The highest BCUT2D eigenvalue weighted by atomic mass is 35.5. The van der Waals surface area contributed by atoms with Crippen molar-refractivity contribution in [2.75, 3.05) is 6.61 Å². The van der Waals surface area contributed by atoms with Gasteiger partial charge in [-0.05, 0) is 41.2 Å². The van der Waals surface area contributed by atoms with Gasteiger partial charge in [-0.1, -0.05) is 20.8 Å². The summed E-state index contributed by atoms with van der Waals surface area (Å²) in [5, 5.41) is 9.14. The molecule has 0 bridgehead atoms. The fraction of sp³-hybridized carbons (Fsp3) is 0.909. The van der Waals surface area contributed by atoms with Crippen molar-refractivity contribution >= 4 is 16.8 Å². The summed E-state index contributed by atoms with van der Waals surface area (Å²) < 4.78 is 0. The molecule has 0 amide bonds. The summed E-state index contributed by atoms with van der Waals surface area (Å²) in [6.45, 7) is 6.53. The Bertz CT molecular complexity index is 237. The zero-order chi connectivity index (χ0) is 11.0. The number of carbonyl (C=O) groups is 1. The second kappa shape index (κ2) is 3.82.